The van der Waals surface area contributed by atoms with Gasteiger partial charge in [0, 0.05) is 7.05 Å². The lowest BCUT2D eigenvalue weighted by Crippen LogP contribution is -2.05. The van der Waals surface area contributed by atoms with E-state index in [4.69, 9.17) is 23.2 Å². The summed E-state index contributed by atoms with van der Waals surface area (Å²) in [6, 6.07) is 2.10. The van der Waals surface area contributed by atoms with Crippen LogP contribution < -0.4 is 0 Å². The molecular weight excluding hydrogens is 264 g/mol. The highest BCUT2D eigenvalue weighted by molar-refractivity contribution is 6.32. The van der Waals surface area contributed by atoms with Gasteiger partial charge >= 0.3 is 6.18 Å². The van der Waals surface area contributed by atoms with Gasteiger partial charge in [0.05, 0.1) is 21.6 Å². The SMILES string of the molecule is Cn1c(Cl)nc2cc(C(F)(F)F)c(Cl)cc21. The Balaban J connectivity index is 2.78. The molecule has 0 fully saturated rings. The molecule has 0 N–H and O–H groups in total. The summed E-state index contributed by atoms with van der Waals surface area (Å²) in [7, 11) is 1.60. The van der Waals surface area contributed by atoms with Crippen molar-refractivity contribution < 1.29 is 13.2 Å². The number of nitrogens with zero attached hydrogens (tertiary/aromatic N) is 2. The van der Waals surface area contributed by atoms with Crippen LogP contribution in [0.3, 0.4) is 0 Å². The molecule has 0 saturated heterocycles. The van der Waals surface area contributed by atoms with Crippen molar-refractivity contribution in [3.63, 3.8) is 0 Å². The predicted molar refractivity (Wildman–Crippen MR) is 55.7 cm³/mol. The summed E-state index contributed by atoms with van der Waals surface area (Å²) in [5.74, 6) is 0. The smallest absolute Gasteiger partial charge is 0.318 e. The van der Waals surface area contributed by atoms with E-state index in [1.807, 2.05) is 0 Å². The first-order valence-electron chi connectivity index (χ1n) is 4.19. The molecule has 1 aromatic heterocycles. The maximum absolute atomic E-state index is 12.5. The van der Waals surface area contributed by atoms with E-state index in [9.17, 15) is 13.2 Å². The highest BCUT2D eigenvalue weighted by Crippen LogP contribution is 2.37. The highest BCUT2D eigenvalue weighted by atomic mass is 35.5. The fraction of sp³-hybridized carbons (Fsp3) is 0.222. The van der Waals surface area contributed by atoms with Crippen LogP contribution in [0.1, 0.15) is 5.56 Å². The molecule has 2 aromatic rings. The second kappa shape index (κ2) is 3.53. The average molecular weight is 269 g/mol. The lowest BCUT2D eigenvalue weighted by Gasteiger charge is -2.08. The van der Waals surface area contributed by atoms with Crippen LogP contribution in [0.5, 0.6) is 0 Å². The van der Waals surface area contributed by atoms with Crippen molar-refractivity contribution in [3.8, 4) is 0 Å². The summed E-state index contributed by atoms with van der Waals surface area (Å²) in [6.45, 7) is 0. The topological polar surface area (TPSA) is 17.8 Å². The number of fused-ring (bicyclic) bond motifs is 1. The minimum atomic E-state index is -4.49. The molecule has 0 aliphatic heterocycles. The summed E-state index contributed by atoms with van der Waals surface area (Å²) in [4.78, 5) is 3.80. The van der Waals surface area contributed by atoms with Crippen LogP contribution in [0, 0.1) is 0 Å². The van der Waals surface area contributed by atoms with Crippen molar-refractivity contribution in [1.82, 2.24) is 9.55 Å². The van der Waals surface area contributed by atoms with Crippen molar-refractivity contribution in [2.24, 2.45) is 7.05 Å². The van der Waals surface area contributed by atoms with Crippen LogP contribution in [0.25, 0.3) is 11.0 Å². The Morgan fingerprint density at radius 1 is 1.25 bits per heavy atom. The van der Waals surface area contributed by atoms with Gasteiger partial charge in [0.1, 0.15) is 0 Å². The Hall–Kier alpha value is -0.940. The van der Waals surface area contributed by atoms with Gasteiger partial charge in [-0.2, -0.15) is 13.2 Å². The van der Waals surface area contributed by atoms with Crippen molar-refractivity contribution in [2.45, 2.75) is 6.18 Å². The van der Waals surface area contributed by atoms with Gasteiger partial charge in [-0.1, -0.05) is 11.6 Å². The number of alkyl halides is 3. The Morgan fingerprint density at radius 2 is 1.88 bits per heavy atom. The maximum Gasteiger partial charge on any atom is 0.417 e. The van der Waals surface area contributed by atoms with Crippen molar-refractivity contribution in [1.29, 1.82) is 0 Å². The van der Waals surface area contributed by atoms with E-state index >= 15 is 0 Å². The second-order valence-corrected chi connectivity index (χ2v) is 4.00. The van der Waals surface area contributed by atoms with Crippen molar-refractivity contribution in [2.75, 3.05) is 0 Å². The predicted octanol–water partition coefficient (Wildman–Crippen LogP) is 3.90. The van der Waals surface area contributed by atoms with Crippen molar-refractivity contribution in [3.05, 3.63) is 28.0 Å². The largest absolute Gasteiger partial charge is 0.417 e. The first-order valence-corrected chi connectivity index (χ1v) is 4.95. The van der Waals surface area contributed by atoms with E-state index in [1.54, 1.807) is 7.05 Å². The number of benzene rings is 1. The molecule has 0 unspecified atom stereocenters. The Labute approximate surface area is 98.6 Å². The monoisotopic (exact) mass is 268 g/mol. The number of hydrogen-bond acceptors (Lipinski definition) is 1. The maximum atomic E-state index is 12.5. The molecule has 0 amide bonds. The van der Waals surface area contributed by atoms with E-state index in [2.05, 4.69) is 4.98 Å². The van der Waals surface area contributed by atoms with Gasteiger partial charge in [0.25, 0.3) is 0 Å². The van der Waals surface area contributed by atoms with Gasteiger partial charge < -0.3 is 4.57 Å². The Morgan fingerprint density at radius 3 is 2.44 bits per heavy atom. The quantitative estimate of drug-likeness (QED) is 0.709. The summed E-state index contributed by atoms with van der Waals surface area (Å²) >= 11 is 11.3. The van der Waals surface area contributed by atoms with Crippen molar-refractivity contribution >= 4 is 34.2 Å². The molecule has 0 spiro atoms. The number of hydrogen-bond donors (Lipinski definition) is 0. The van der Waals surface area contributed by atoms with E-state index in [-0.39, 0.29) is 15.8 Å². The number of aryl methyl sites for hydroxylation is 1. The van der Waals surface area contributed by atoms with Gasteiger partial charge in [0.15, 0.2) is 0 Å². The first kappa shape index (κ1) is 11.5. The molecule has 0 aliphatic carbocycles. The first-order chi connectivity index (χ1) is 7.30. The minimum absolute atomic E-state index is 0.116. The van der Waals surface area contributed by atoms with Gasteiger partial charge in [0.2, 0.25) is 5.28 Å². The molecular formula is C9H5Cl2F3N2. The number of imidazole rings is 1. The molecule has 0 saturated carbocycles. The van der Waals surface area contributed by atoms with Crippen LogP contribution in [0.4, 0.5) is 13.2 Å². The summed E-state index contributed by atoms with van der Waals surface area (Å²) in [5, 5.41) is -0.245. The van der Waals surface area contributed by atoms with Gasteiger partial charge in [-0.05, 0) is 23.7 Å². The summed E-state index contributed by atoms with van der Waals surface area (Å²) in [5.41, 5.74) is -0.274. The zero-order chi connectivity index (χ0) is 12.1. The third-order valence-electron chi connectivity index (χ3n) is 2.22. The Bertz CT molecular complexity index is 560. The van der Waals surface area contributed by atoms with Crippen LogP contribution in [0.15, 0.2) is 12.1 Å². The molecule has 86 valence electrons. The van der Waals surface area contributed by atoms with Crippen LogP contribution in [-0.4, -0.2) is 9.55 Å². The van der Waals surface area contributed by atoms with E-state index < -0.39 is 11.7 Å². The minimum Gasteiger partial charge on any atom is -0.318 e. The zero-order valence-electron chi connectivity index (χ0n) is 7.94. The molecule has 1 heterocycles. The van der Waals surface area contributed by atoms with Crippen LogP contribution in [-0.2, 0) is 13.2 Å². The molecule has 0 bridgehead atoms. The third kappa shape index (κ3) is 1.74. The summed E-state index contributed by atoms with van der Waals surface area (Å²) in [6.07, 6.45) is -4.49. The molecule has 0 radical (unpaired) electrons. The molecule has 7 heteroatoms. The van der Waals surface area contributed by atoms with E-state index in [0.717, 1.165) is 6.07 Å². The third-order valence-corrected chi connectivity index (χ3v) is 2.87. The average Bonchev–Trinajstić information content (AvgIpc) is 2.41. The molecule has 0 aliphatic rings. The second-order valence-electron chi connectivity index (χ2n) is 3.26. The van der Waals surface area contributed by atoms with E-state index in [1.165, 1.54) is 10.6 Å². The van der Waals surface area contributed by atoms with Crippen LogP contribution in [0.2, 0.25) is 10.3 Å². The fourth-order valence-corrected chi connectivity index (χ4v) is 1.85. The van der Waals surface area contributed by atoms with Gasteiger partial charge in [-0.3, -0.25) is 0 Å². The zero-order valence-corrected chi connectivity index (χ0v) is 9.45. The molecule has 16 heavy (non-hydrogen) atoms. The molecule has 2 rings (SSSR count). The van der Waals surface area contributed by atoms with Gasteiger partial charge in [-0.25, -0.2) is 4.98 Å². The molecule has 0 atom stereocenters. The number of halogens is 5. The van der Waals surface area contributed by atoms with Gasteiger partial charge in [-0.15, -0.1) is 0 Å². The Kier molecular flexibility index (Phi) is 2.55. The molecule has 1 aromatic carbocycles. The van der Waals surface area contributed by atoms with E-state index in [0.29, 0.717) is 5.52 Å². The van der Waals surface area contributed by atoms with Crippen LogP contribution >= 0.6 is 23.2 Å². The summed E-state index contributed by atoms with van der Waals surface area (Å²) < 4.78 is 39.1. The highest BCUT2D eigenvalue weighted by Gasteiger charge is 2.34. The standard InChI is InChI=1S/C9H5Cl2F3N2/c1-16-7-3-5(10)4(9(12,13)14)2-6(7)15-8(16)11/h2-3H,1H3. The molecule has 2 nitrogen and oxygen atoms in total. The fourth-order valence-electron chi connectivity index (χ4n) is 1.40. The number of rotatable bonds is 0. The number of aromatic nitrogens is 2. The normalized spacial score (nSPS) is 12.4. The lowest BCUT2D eigenvalue weighted by atomic mass is 10.2. The lowest BCUT2D eigenvalue weighted by molar-refractivity contribution is -0.137.